The van der Waals surface area contributed by atoms with Gasteiger partial charge in [0.1, 0.15) is 10.7 Å². The maximum Gasteiger partial charge on any atom is 0.356 e. The first-order chi connectivity index (χ1) is 9.79. The Labute approximate surface area is 132 Å². The van der Waals surface area contributed by atoms with Crippen LogP contribution in [0.15, 0.2) is 16.6 Å². The number of rotatable bonds is 4. The molecule has 2 aromatic rings. The van der Waals surface area contributed by atoms with Crippen LogP contribution in [0.4, 0.5) is 15.2 Å². The second-order valence-corrected chi connectivity index (χ2v) is 6.12. The number of hydrogen-bond donors (Lipinski definition) is 2. The maximum atomic E-state index is 13.4. The van der Waals surface area contributed by atoms with Crippen molar-refractivity contribution in [1.82, 2.24) is 4.98 Å². The zero-order valence-electron chi connectivity index (χ0n) is 11.0. The molecule has 0 spiro atoms. The highest BCUT2D eigenvalue weighted by molar-refractivity contribution is 9.10. The van der Waals surface area contributed by atoms with Crippen LogP contribution >= 0.6 is 27.3 Å². The number of aromatic carboxylic acids is 1. The Kier molecular flexibility index (Phi) is 4.38. The number of carboxylic acid groups (broad SMARTS) is 1. The predicted molar refractivity (Wildman–Crippen MR) is 81.2 cm³/mol. The smallest absolute Gasteiger partial charge is 0.356 e. The summed E-state index contributed by atoms with van der Waals surface area (Å²) in [6, 6.07) is 2.87. The first-order valence-electron chi connectivity index (χ1n) is 5.77. The third kappa shape index (κ3) is 3.27. The van der Waals surface area contributed by atoms with E-state index in [0.717, 1.165) is 11.3 Å². The standard InChI is InChI=1S/C13H10BrFN2O3S/c1-5-3-8(15)7(14)4-9(5)16-13-17-10(12(19)20)11(21-13)6(2)18/h3-4H,1-2H3,(H,16,17)(H,19,20). The van der Waals surface area contributed by atoms with Gasteiger partial charge < -0.3 is 10.4 Å². The van der Waals surface area contributed by atoms with Crippen LogP contribution in [0.2, 0.25) is 0 Å². The molecule has 0 unspecified atom stereocenters. The molecular formula is C13H10BrFN2O3S. The third-order valence-corrected chi connectivity index (χ3v) is 4.34. The van der Waals surface area contributed by atoms with Crippen molar-refractivity contribution in [2.24, 2.45) is 0 Å². The fraction of sp³-hybridized carbons (Fsp3) is 0.154. The molecule has 2 rings (SSSR count). The number of benzene rings is 1. The summed E-state index contributed by atoms with van der Waals surface area (Å²) in [5, 5.41) is 12.2. The lowest BCUT2D eigenvalue weighted by Gasteiger charge is -2.07. The van der Waals surface area contributed by atoms with Gasteiger partial charge in [-0.3, -0.25) is 4.79 Å². The molecule has 21 heavy (non-hydrogen) atoms. The molecule has 0 saturated carbocycles. The van der Waals surface area contributed by atoms with Gasteiger partial charge in [-0.05, 0) is 40.5 Å². The van der Waals surface area contributed by atoms with E-state index in [4.69, 9.17) is 5.11 Å². The maximum absolute atomic E-state index is 13.4. The van der Waals surface area contributed by atoms with E-state index in [-0.39, 0.29) is 26.0 Å². The van der Waals surface area contributed by atoms with E-state index < -0.39 is 11.8 Å². The summed E-state index contributed by atoms with van der Waals surface area (Å²) in [7, 11) is 0. The Morgan fingerprint density at radius 2 is 2.10 bits per heavy atom. The molecule has 0 fully saturated rings. The van der Waals surface area contributed by atoms with Gasteiger partial charge in [-0.2, -0.15) is 0 Å². The van der Waals surface area contributed by atoms with Gasteiger partial charge in [0.25, 0.3) is 0 Å². The Hall–Kier alpha value is -1.80. The number of ketones is 1. The SMILES string of the molecule is CC(=O)c1sc(Nc2cc(Br)c(F)cc2C)nc1C(=O)O. The summed E-state index contributed by atoms with van der Waals surface area (Å²) in [5.74, 6) is -2.02. The summed E-state index contributed by atoms with van der Waals surface area (Å²) in [6.45, 7) is 2.99. The van der Waals surface area contributed by atoms with Crippen molar-refractivity contribution in [2.75, 3.05) is 5.32 Å². The molecule has 110 valence electrons. The van der Waals surface area contributed by atoms with Gasteiger partial charge >= 0.3 is 5.97 Å². The van der Waals surface area contributed by atoms with Crippen LogP contribution in [-0.4, -0.2) is 21.8 Å². The summed E-state index contributed by atoms with van der Waals surface area (Å²) in [6.07, 6.45) is 0. The Bertz CT molecular complexity index is 714. The van der Waals surface area contributed by atoms with Crippen LogP contribution < -0.4 is 5.32 Å². The molecule has 5 nitrogen and oxygen atoms in total. The lowest BCUT2D eigenvalue weighted by Crippen LogP contribution is -2.03. The summed E-state index contributed by atoms with van der Waals surface area (Å²) in [4.78, 5) is 26.5. The van der Waals surface area contributed by atoms with E-state index >= 15 is 0 Å². The van der Waals surface area contributed by atoms with Crippen molar-refractivity contribution < 1.29 is 19.1 Å². The topological polar surface area (TPSA) is 79.3 Å². The summed E-state index contributed by atoms with van der Waals surface area (Å²) >= 11 is 4.03. The fourth-order valence-electron chi connectivity index (χ4n) is 1.65. The lowest BCUT2D eigenvalue weighted by molar-refractivity contribution is 0.0687. The van der Waals surface area contributed by atoms with Crippen LogP contribution in [0.5, 0.6) is 0 Å². The van der Waals surface area contributed by atoms with E-state index in [1.807, 2.05) is 0 Å². The molecule has 0 bridgehead atoms. The highest BCUT2D eigenvalue weighted by atomic mass is 79.9. The van der Waals surface area contributed by atoms with E-state index in [9.17, 15) is 14.0 Å². The minimum Gasteiger partial charge on any atom is -0.476 e. The zero-order valence-corrected chi connectivity index (χ0v) is 13.4. The van der Waals surface area contributed by atoms with Crippen molar-refractivity contribution in [2.45, 2.75) is 13.8 Å². The molecule has 0 radical (unpaired) electrons. The number of carbonyl (C=O) groups excluding carboxylic acids is 1. The number of Topliss-reactive ketones (excluding diaryl/α,β-unsaturated/α-hetero) is 1. The largest absolute Gasteiger partial charge is 0.476 e. The second kappa shape index (κ2) is 5.90. The van der Waals surface area contributed by atoms with E-state index in [1.165, 1.54) is 19.1 Å². The van der Waals surface area contributed by atoms with Crippen molar-refractivity contribution in [3.8, 4) is 0 Å². The van der Waals surface area contributed by atoms with Gasteiger partial charge in [-0.15, -0.1) is 0 Å². The van der Waals surface area contributed by atoms with Gasteiger partial charge in [0, 0.05) is 12.6 Å². The fourth-order valence-corrected chi connectivity index (χ4v) is 2.86. The highest BCUT2D eigenvalue weighted by Crippen LogP contribution is 2.30. The Morgan fingerprint density at radius 1 is 1.43 bits per heavy atom. The van der Waals surface area contributed by atoms with Crippen molar-refractivity contribution in [1.29, 1.82) is 0 Å². The van der Waals surface area contributed by atoms with Gasteiger partial charge in [0.2, 0.25) is 0 Å². The van der Waals surface area contributed by atoms with Crippen molar-refractivity contribution >= 4 is 49.8 Å². The number of carboxylic acids is 1. The lowest BCUT2D eigenvalue weighted by atomic mass is 10.2. The van der Waals surface area contributed by atoms with Crippen LogP contribution in [0.3, 0.4) is 0 Å². The summed E-state index contributed by atoms with van der Waals surface area (Å²) in [5.41, 5.74) is 0.921. The van der Waals surface area contributed by atoms with Gasteiger partial charge in [-0.25, -0.2) is 14.2 Å². The second-order valence-electron chi connectivity index (χ2n) is 4.26. The van der Waals surface area contributed by atoms with Crippen LogP contribution in [0, 0.1) is 12.7 Å². The molecule has 2 N–H and O–H groups in total. The van der Waals surface area contributed by atoms with Crippen LogP contribution in [0.25, 0.3) is 0 Å². The molecule has 1 heterocycles. The van der Waals surface area contributed by atoms with E-state index in [1.54, 1.807) is 6.92 Å². The first kappa shape index (κ1) is 15.6. The van der Waals surface area contributed by atoms with Gasteiger partial charge in [0.05, 0.1) is 4.47 Å². The Morgan fingerprint density at radius 3 is 2.62 bits per heavy atom. The number of nitrogens with one attached hydrogen (secondary N) is 1. The van der Waals surface area contributed by atoms with E-state index in [2.05, 4.69) is 26.2 Å². The number of nitrogens with zero attached hydrogens (tertiary/aromatic N) is 1. The molecule has 1 aromatic heterocycles. The third-order valence-electron chi connectivity index (χ3n) is 2.66. The number of aryl methyl sites for hydroxylation is 1. The average molecular weight is 373 g/mol. The average Bonchev–Trinajstić information content (AvgIpc) is 2.80. The van der Waals surface area contributed by atoms with Crippen molar-refractivity contribution in [3.63, 3.8) is 0 Å². The molecule has 0 aliphatic carbocycles. The molecule has 8 heteroatoms. The van der Waals surface area contributed by atoms with E-state index in [0.29, 0.717) is 11.3 Å². The zero-order chi connectivity index (χ0) is 15.7. The van der Waals surface area contributed by atoms with Crippen molar-refractivity contribution in [3.05, 3.63) is 38.6 Å². The molecule has 1 aromatic carbocycles. The first-order valence-corrected chi connectivity index (χ1v) is 7.38. The Balaban J connectivity index is 2.41. The predicted octanol–water partition coefficient (Wildman–Crippen LogP) is 4.00. The van der Waals surface area contributed by atoms with Crippen LogP contribution in [0.1, 0.15) is 32.6 Å². The monoisotopic (exact) mass is 372 g/mol. The normalized spacial score (nSPS) is 10.5. The number of anilines is 2. The highest BCUT2D eigenvalue weighted by Gasteiger charge is 2.21. The molecular weight excluding hydrogens is 363 g/mol. The molecule has 0 saturated heterocycles. The molecule has 0 aliphatic rings. The van der Waals surface area contributed by atoms with Gasteiger partial charge in [-0.1, -0.05) is 11.3 Å². The number of thiazole rings is 1. The summed E-state index contributed by atoms with van der Waals surface area (Å²) < 4.78 is 13.6. The number of carbonyl (C=O) groups is 2. The minimum atomic E-state index is -1.26. The molecule has 0 amide bonds. The number of hydrogen-bond acceptors (Lipinski definition) is 5. The molecule has 0 aliphatic heterocycles. The quantitative estimate of drug-likeness (QED) is 0.792. The van der Waals surface area contributed by atoms with Gasteiger partial charge in [0.15, 0.2) is 16.6 Å². The number of aromatic nitrogens is 1. The minimum absolute atomic E-state index is 0.0730. The number of halogens is 2. The van der Waals surface area contributed by atoms with Crippen LogP contribution in [-0.2, 0) is 0 Å². The molecule has 0 atom stereocenters.